The Morgan fingerprint density at radius 2 is 1.76 bits per heavy atom. The maximum absolute atomic E-state index is 11.8. The summed E-state index contributed by atoms with van der Waals surface area (Å²) >= 11 is 2.16. The van der Waals surface area contributed by atoms with E-state index in [0.29, 0.717) is 30.3 Å². The van der Waals surface area contributed by atoms with Crippen molar-refractivity contribution in [1.82, 2.24) is 0 Å². The SMILES string of the molecule is CCOC(=O)Cc1ccc(I)c(Oc2cccc(C(=O)OCC)c2)c1. The molecule has 0 unspecified atom stereocenters. The van der Waals surface area contributed by atoms with E-state index in [1.54, 1.807) is 44.2 Å². The number of carbonyl (C=O) groups excluding carboxylic acids is 2. The molecule has 25 heavy (non-hydrogen) atoms. The number of benzene rings is 2. The number of halogens is 1. The highest BCUT2D eigenvalue weighted by atomic mass is 127. The molecule has 0 spiro atoms. The second-order valence-electron chi connectivity index (χ2n) is 5.10. The summed E-state index contributed by atoms with van der Waals surface area (Å²) in [6.07, 6.45) is 0.185. The zero-order valence-electron chi connectivity index (χ0n) is 14.1. The summed E-state index contributed by atoms with van der Waals surface area (Å²) in [6.45, 7) is 4.21. The van der Waals surface area contributed by atoms with Crippen molar-refractivity contribution in [2.45, 2.75) is 20.3 Å². The van der Waals surface area contributed by atoms with Gasteiger partial charge in [-0.25, -0.2) is 4.79 Å². The Labute approximate surface area is 160 Å². The normalized spacial score (nSPS) is 10.2. The predicted octanol–water partition coefficient (Wildman–Crippen LogP) is 4.37. The number of ether oxygens (including phenoxy) is 3. The van der Waals surface area contributed by atoms with Crippen LogP contribution in [0.4, 0.5) is 0 Å². The molecule has 0 aliphatic carbocycles. The minimum Gasteiger partial charge on any atom is -0.466 e. The molecule has 2 aromatic rings. The largest absolute Gasteiger partial charge is 0.466 e. The molecular formula is C19H19IO5. The van der Waals surface area contributed by atoms with Crippen LogP contribution in [0.1, 0.15) is 29.8 Å². The van der Waals surface area contributed by atoms with Crippen LogP contribution in [0.25, 0.3) is 0 Å². The van der Waals surface area contributed by atoms with E-state index in [4.69, 9.17) is 14.2 Å². The molecule has 0 N–H and O–H groups in total. The zero-order valence-corrected chi connectivity index (χ0v) is 16.2. The summed E-state index contributed by atoms with van der Waals surface area (Å²) in [6, 6.07) is 12.3. The second kappa shape index (κ2) is 9.41. The summed E-state index contributed by atoms with van der Waals surface area (Å²) in [5, 5.41) is 0. The smallest absolute Gasteiger partial charge is 0.338 e. The Balaban J connectivity index is 2.18. The van der Waals surface area contributed by atoms with Gasteiger partial charge in [0.05, 0.1) is 28.8 Å². The summed E-state index contributed by atoms with van der Waals surface area (Å²) < 4.78 is 16.7. The second-order valence-corrected chi connectivity index (χ2v) is 6.26. The molecule has 2 rings (SSSR count). The molecule has 0 bridgehead atoms. The molecule has 0 fully saturated rings. The Hall–Kier alpha value is -2.09. The van der Waals surface area contributed by atoms with Crippen molar-refractivity contribution in [3.05, 3.63) is 57.2 Å². The number of hydrogen-bond donors (Lipinski definition) is 0. The molecule has 0 aliphatic rings. The molecule has 0 saturated carbocycles. The molecule has 0 atom stereocenters. The molecule has 2 aromatic carbocycles. The van der Waals surface area contributed by atoms with Crippen molar-refractivity contribution in [1.29, 1.82) is 0 Å². The summed E-state index contributed by atoms with van der Waals surface area (Å²) in [5.41, 5.74) is 1.23. The van der Waals surface area contributed by atoms with E-state index in [1.807, 2.05) is 12.1 Å². The van der Waals surface area contributed by atoms with E-state index in [9.17, 15) is 9.59 Å². The first-order chi connectivity index (χ1) is 12.0. The summed E-state index contributed by atoms with van der Waals surface area (Å²) in [7, 11) is 0. The fourth-order valence-electron chi connectivity index (χ4n) is 2.14. The van der Waals surface area contributed by atoms with Crippen LogP contribution in [0.5, 0.6) is 11.5 Å². The van der Waals surface area contributed by atoms with Gasteiger partial charge in [0.2, 0.25) is 0 Å². The van der Waals surface area contributed by atoms with Crippen LogP contribution in [0, 0.1) is 3.57 Å². The quantitative estimate of drug-likeness (QED) is 0.460. The van der Waals surface area contributed by atoms with Gasteiger partial charge < -0.3 is 14.2 Å². The average molecular weight is 454 g/mol. The van der Waals surface area contributed by atoms with E-state index < -0.39 is 5.97 Å². The fraction of sp³-hybridized carbons (Fsp3) is 0.263. The van der Waals surface area contributed by atoms with Crippen molar-refractivity contribution in [3.63, 3.8) is 0 Å². The van der Waals surface area contributed by atoms with Crippen LogP contribution >= 0.6 is 22.6 Å². The maximum atomic E-state index is 11.8. The van der Waals surface area contributed by atoms with Crippen LogP contribution in [0.3, 0.4) is 0 Å². The van der Waals surface area contributed by atoms with E-state index in [-0.39, 0.29) is 12.4 Å². The van der Waals surface area contributed by atoms with E-state index in [2.05, 4.69) is 22.6 Å². The maximum Gasteiger partial charge on any atom is 0.338 e. The molecule has 0 radical (unpaired) electrons. The summed E-state index contributed by atoms with van der Waals surface area (Å²) in [4.78, 5) is 23.5. The van der Waals surface area contributed by atoms with Gasteiger partial charge in [-0.1, -0.05) is 12.1 Å². The van der Waals surface area contributed by atoms with Crippen molar-refractivity contribution in [3.8, 4) is 11.5 Å². The van der Waals surface area contributed by atoms with Crippen LogP contribution in [-0.2, 0) is 20.7 Å². The lowest BCUT2D eigenvalue weighted by molar-refractivity contribution is -0.142. The van der Waals surface area contributed by atoms with Crippen LogP contribution < -0.4 is 4.74 Å². The molecule has 5 nitrogen and oxygen atoms in total. The molecule has 0 heterocycles. The minimum absolute atomic E-state index is 0.185. The van der Waals surface area contributed by atoms with Gasteiger partial charge >= 0.3 is 11.9 Å². The molecule has 0 amide bonds. The van der Waals surface area contributed by atoms with Gasteiger partial charge in [-0.05, 0) is 72.3 Å². The fourth-order valence-corrected chi connectivity index (χ4v) is 2.59. The average Bonchev–Trinajstić information content (AvgIpc) is 2.58. The number of carbonyl (C=O) groups is 2. The molecule has 6 heteroatoms. The minimum atomic E-state index is -0.390. The molecule has 132 valence electrons. The van der Waals surface area contributed by atoms with Crippen LogP contribution in [-0.4, -0.2) is 25.2 Å². The Morgan fingerprint density at radius 1 is 1.00 bits per heavy atom. The zero-order chi connectivity index (χ0) is 18.2. The third kappa shape index (κ3) is 5.74. The highest BCUT2D eigenvalue weighted by Crippen LogP contribution is 2.28. The lowest BCUT2D eigenvalue weighted by Crippen LogP contribution is -2.07. The standard InChI is InChI=1S/C19H19IO5/c1-3-23-18(21)11-13-8-9-16(20)17(10-13)25-15-7-5-6-14(12-15)19(22)24-4-2/h5-10,12H,3-4,11H2,1-2H3. The third-order valence-corrected chi connectivity index (χ3v) is 4.11. The Kier molecular flexibility index (Phi) is 7.24. The van der Waals surface area contributed by atoms with Gasteiger partial charge in [-0.3, -0.25) is 4.79 Å². The van der Waals surface area contributed by atoms with Gasteiger partial charge in [-0.15, -0.1) is 0 Å². The summed E-state index contributed by atoms with van der Waals surface area (Å²) in [5.74, 6) is 0.470. The van der Waals surface area contributed by atoms with E-state index in [0.717, 1.165) is 9.13 Å². The van der Waals surface area contributed by atoms with E-state index in [1.165, 1.54) is 0 Å². The van der Waals surface area contributed by atoms with Gasteiger partial charge in [-0.2, -0.15) is 0 Å². The first-order valence-electron chi connectivity index (χ1n) is 7.92. The monoisotopic (exact) mass is 454 g/mol. The Bertz CT molecular complexity index is 757. The van der Waals surface area contributed by atoms with Crippen LogP contribution in [0.2, 0.25) is 0 Å². The predicted molar refractivity (Wildman–Crippen MR) is 102 cm³/mol. The highest BCUT2D eigenvalue weighted by molar-refractivity contribution is 14.1. The third-order valence-electron chi connectivity index (χ3n) is 3.22. The topological polar surface area (TPSA) is 61.8 Å². The molecule has 0 aliphatic heterocycles. The molecule has 0 saturated heterocycles. The van der Waals surface area contributed by atoms with Crippen molar-refractivity contribution in [2.75, 3.05) is 13.2 Å². The van der Waals surface area contributed by atoms with Gasteiger partial charge in [0.15, 0.2) is 0 Å². The first-order valence-corrected chi connectivity index (χ1v) is 9.00. The molecular weight excluding hydrogens is 435 g/mol. The van der Waals surface area contributed by atoms with Crippen molar-refractivity contribution < 1.29 is 23.8 Å². The highest BCUT2D eigenvalue weighted by Gasteiger charge is 2.11. The first kappa shape index (κ1) is 19.2. The lowest BCUT2D eigenvalue weighted by Gasteiger charge is -2.11. The van der Waals surface area contributed by atoms with Crippen molar-refractivity contribution in [2.24, 2.45) is 0 Å². The molecule has 0 aromatic heterocycles. The Morgan fingerprint density at radius 3 is 2.48 bits per heavy atom. The number of esters is 2. The van der Waals surface area contributed by atoms with Gasteiger partial charge in [0, 0.05) is 0 Å². The van der Waals surface area contributed by atoms with Crippen LogP contribution in [0.15, 0.2) is 42.5 Å². The number of hydrogen-bond acceptors (Lipinski definition) is 5. The number of rotatable bonds is 7. The van der Waals surface area contributed by atoms with Gasteiger partial charge in [0.25, 0.3) is 0 Å². The van der Waals surface area contributed by atoms with Gasteiger partial charge in [0.1, 0.15) is 11.5 Å². The van der Waals surface area contributed by atoms with E-state index >= 15 is 0 Å². The van der Waals surface area contributed by atoms with Crippen molar-refractivity contribution >= 4 is 34.5 Å². The lowest BCUT2D eigenvalue weighted by atomic mass is 10.1.